The molecule has 0 radical (unpaired) electrons. The summed E-state index contributed by atoms with van der Waals surface area (Å²) in [6.07, 6.45) is -1.41. The average Bonchev–Trinajstić information content (AvgIpc) is 2.16. The minimum absolute atomic E-state index is 0.0330. The molecule has 1 aromatic rings. The monoisotopic (exact) mass is 315 g/mol. The van der Waals surface area contributed by atoms with Gasteiger partial charge in [0, 0.05) is 15.3 Å². The molecule has 0 atom stereocenters. The Labute approximate surface area is 93.2 Å². The molecular formula is C8H8F2INO2. The summed E-state index contributed by atoms with van der Waals surface area (Å²) in [5.41, 5.74) is -0.0876. The van der Waals surface area contributed by atoms with Crippen molar-refractivity contribution in [2.75, 3.05) is 7.11 Å². The highest BCUT2D eigenvalue weighted by Gasteiger charge is 2.20. The molecule has 0 unspecified atom stereocenters. The molecule has 1 rings (SSSR count). The average molecular weight is 315 g/mol. The smallest absolute Gasteiger partial charge is 0.284 e. The van der Waals surface area contributed by atoms with Crippen LogP contribution in [0.3, 0.4) is 0 Å². The number of aliphatic hydroxyl groups excluding tert-OH is 1. The third kappa shape index (κ3) is 2.11. The van der Waals surface area contributed by atoms with Gasteiger partial charge in [-0.25, -0.2) is 8.78 Å². The van der Waals surface area contributed by atoms with E-state index in [4.69, 9.17) is 9.84 Å². The highest BCUT2D eigenvalue weighted by molar-refractivity contribution is 14.1. The van der Waals surface area contributed by atoms with Crippen LogP contribution < -0.4 is 4.74 Å². The molecule has 0 spiro atoms. The van der Waals surface area contributed by atoms with E-state index in [1.807, 2.05) is 22.6 Å². The Hall–Kier alpha value is -0.500. The summed E-state index contributed by atoms with van der Waals surface area (Å²) in [5.74, 6) is -0.0330. The van der Waals surface area contributed by atoms with Gasteiger partial charge in [-0.3, -0.25) is 4.98 Å². The highest BCUT2D eigenvalue weighted by atomic mass is 127. The number of halogens is 3. The maximum atomic E-state index is 12.4. The van der Waals surface area contributed by atoms with Gasteiger partial charge in [0.05, 0.1) is 13.7 Å². The van der Waals surface area contributed by atoms with Crippen molar-refractivity contribution in [1.82, 2.24) is 4.98 Å². The summed E-state index contributed by atoms with van der Waals surface area (Å²) in [6, 6.07) is 0. The topological polar surface area (TPSA) is 42.4 Å². The second kappa shape index (κ2) is 4.83. The van der Waals surface area contributed by atoms with Crippen molar-refractivity contribution < 1.29 is 18.6 Å². The first-order valence-electron chi connectivity index (χ1n) is 3.72. The number of aromatic nitrogens is 1. The largest absolute Gasteiger partial charge is 0.494 e. The van der Waals surface area contributed by atoms with Crippen molar-refractivity contribution in [1.29, 1.82) is 0 Å². The lowest BCUT2D eigenvalue weighted by molar-refractivity contribution is 0.140. The standard InChI is InChI=1S/C8H8F2INO2/c1-14-7-4(3-13)5(11)2-12-6(7)8(9)10/h2,8,13H,3H2,1H3. The van der Waals surface area contributed by atoms with E-state index < -0.39 is 12.1 Å². The van der Waals surface area contributed by atoms with E-state index in [1.165, 1.54) is 13.3 Å². The first-order valence-corrected chi connectivity index (χ1v) is 4.80. The molecule has 0 fully saturated rings. The molecule has 0 aromatic carbocycles. The van der Waals surface area contributed by atoms with Gasteiger partial charge in [-0.05, 0) is 22.6 Å². The number of ether oxygens (including phenoxy) is 1. The van der Waals surface area contributed by atoms with Gasteiger partial charge in [0.15, 0.2) is 5.75 Å². The number of pyridine rings is 1. The lowest BCUT2D eigenvalue weighted by atomic mass is 10.2. The zero-order valence-corrected chi connectivity index (χ0v) is 9.46. The van der Waals surface area contributed by atoms with E-state index in [-0.39, 0.29) is 12.4 Å². The van der Waals surface area contributed by atoms with Crippen molar-refractivity contribution in [3.63, 3.8) is 0 Å². The predicted octanol–water partition coefficient (Wildman–Crippen LogP) is 2.12. The SMILES string of the molecule is COc1c(C(F)F)ncc(I)c1CO. The Morgan fingerprint density at radius 1 is 1.64 bits per heavy atom. The minimum atomic E-state index is -2.70. The first-order chi connectivity index (χ1) is 6.61. The van der Waals surface area contributed by atoms with Crippen LogP contribution >= 0.6 is 22.6 Å². The van der Waals surface area contributed by atoms with E-state index in [2.05, 4.69) is 4.98 Å². The maximum absolute atomic E-state index is 12.4. The molecule has 1 N–H and O–H groups in total. The first kappa shape index (κ1) is 11.6. The molecule has 1 aromatic heterocycles. The molecular weight excluding hydrogens is 307 g/mol. The van der Waals surface area contributed by atoms with E-state index in [0.717, 1.165) is 0 Å². The highest BCUT2D eigenvalue weighted by Crippen LogP contribution is 2.32. The number of rotatable bonds is 3. The number of alkyl halides is 2. The van der Waals surface area contributed by atoms with Crippen LogP contribution in [0.1, 0.15) is 17.7 Å². The van der Waals surface area contributed by atoms with Crippen molar-refractivity contribution in [3.8, 4) is 5.75 Å². The van der Waals surface area contributed by atoms with Crippen LogP contribution in [-0.4, -0.2) is 17.2 Å². The Morgan fingerprint density at radius 2 is 2.29 bits per heavy atom. The number of hydrogen-bond acceptors (Lipinski definition) is 3. The molecule has 78 valence electrons. The fourth-order valence-corrected chi connectivity index (χ4v) is 1.61. The van der Waals surface area contributed by atoms with Crippen molar-refractivity contribution in [3.05, 3.63) is 21.0 Å². The second-order valence-electron chi connectivity index (χ2n) is 2.46. The summed E-state index contributed by atoms with van der Waals surface area (Å²) in [4.78, 5) is 3.56. The van der Waals surface area contributed by atoms with Gasteiger partial charge < -0.3 is 9.84 Å². The van der Waals surface area contributed by atoms with Gasteiger partial charge >= 0.3 is 0 Å². The van der Waals surface area contributed by atoms with Gasteiger partial charge in [0.25, 0.3) is 6.43 Å². The lowest BCUT2D eigenvalue weighted by Crippen LogP contribution is -2.03. The zero-order valence-electron chi connectivity index (χ0n) is 7.30. The fourth-order valence-electron chi connectivity index (χ4n) is 1.06. The third-order valence-corrected chi connectivity index (χ3v) is 2.61. The van der Waals surface area contributed by atoms with Crippen LogP contribution in [0.4, 0.5) is 8.78 Å². The summed E-state index contributed by atoms with van der Waals surface area (Å²) < 4.78 is 30.3. The molecule has 0 aliphatic heterocycles. The van der Waals surface area contributed by atoms with E-state index in [1.54, 1.807) is 0 Å². The summed E-state index contributed by atoms with van der Waals surface area (Å²) in [5, 5.41) is 8.98. The molecule has 6 heteroatoms. The van der Waals surface area contributed by atoms with E-state index in [9.17, 15) is 8.78 Å². The Morgan fingerprint density at radius 3 is 2.71 bits per heavy atom. The maximum Gasteiger partial charge on any atom is 0.284 e. The van der Waals surface area contributed by atoms with Crippen LogP contribution in [0.25, 0.3) is 0 Å². The number of aliphatic hydroxyl groups is 1. The molecule has 0 saturated carbocycles. The van der Waals surface area contributed by atoms with Crippen LogP contribution in [0, 0.1) is 3.57 Å². The predicted molar refractivity (Wildman–Crippen MR) is 54.4 cm³/mol. The van der Waals surface area contributed by atoms with Crippen molar-refractivity contribution >= 4 is 22.6 Å². The quantitative estimate of drug-likeness (QED) is 0.869. The van der Waals surface area contributed by atoms with E-state index >= 15 is 0 Å². The molecule has 0 aliphatic carbocycles. The molecule has 3 nitrogen and oxygen atoms in total. The van der Waals surface area contributed by atoms with Crippen molar-refractivity contribution in [2.45, 2.75) is 13.0 Å². The third-order valence-electron chi connectivity index (χ3n) is 1.68. The second-order valence-corrected chi connectivity index (χ2v) is 3.62. The van der Waals surface area contributed by atoms with E-state index in [0.29, 0.717) is 9.13 Å². The Kier molecular flexibility index (Phi) is 3.99. The fraction of sp³-hybridized carbons (Fsp3) is 0.375. The summed E-state index contributed by atoms with van der Waals surface area (Å²) in [7, 11) is 1.28. The lowest BCUT2D eigenvalue weighted by Gasteiger charge is -2.11. The molecule has 0 aliphatic rings. The molecule has 1 heterocycles. The van der Waals surface area contributed by atoms with Gasteiger partial charge in [0.2, 0.25) is 0 Å². The molecule has 0 bridgehead atoms. The zero-order chi connectivity index (χ0) is 10.7. The minimum Gasteiger partial charge on any atom is -0.494 e. The van der Waals surface area contributed by atoms with Crippen LogP contribution in [0.15, 0.2) is 6.20 Å². The summed E-state index contributed by atoms with van der Waals surface area (Å²) in [6.45, 7) is -0.344. The van der Waals surface area contributed by atoms with Gasteiger partial charge in [-0.1, -0.05) is 0 Å². The van der Waals surface area contributed by atoms with Gasteiger partial charge in [0.1, 0.15) is 5.69 Å². The Balaban J connectivity index is 3.33. The van der Waals surface area contributed by atoms with Crippen molar-refractivity contribution in [2.24, 2.45) is 0 Å². The van der Waals surface area contributed by atoms with Crippen LogP contribution in [-0.2, 0) is 6.61 Å². The normalized spacial score (nSPS) is 10.7. The molecule has 14 heavy (non-hydrogen) atoms. The molecule has 0 saturated heterocycles. The van der Waals surface area contributed by atoms with Crippen LogP contribution in [0.5, 0.6) is 5.75 Å². The number of hydrogen-bond donors (Lipinski definition) is 1. The molecule has 0 amide bonds. The van der Waals surface area contributed by atoms with Crippen LogP contribution in [0.2, 0.25) is 0 Å². The number of nitrogens with zero attached hydrogens (tertiary/aromatic N) is 1. The Bertz CT molecular complexity index is 333. The summed E-state index contributed by atoms with van der Waals surface area (Å²) >= 11 is 1.90. The number of methoxy groups -OCH3 is 1. The van der Waals surface area contributed by atoms with Gasteiger partial charge in [-0.15, -0.1) is 0 Å². The van der Waals surface area contributed by atoms with Gasteiger partial charge in [-0.2, -0.15) is 0 Å².